The van der Waals surface area contributed by atoms with E-state index in [0.29, 0.717) is 73.6 Å². The first kappa shape index (κ1) is 34.8. The Labute approximate surface area is 323 Å². The van der Waals surface area contributed by atoms with Gasteiger partial charge in [0.15, 0.2) is 34.5 Å². The van der Waals surface area contributed by atoms with E-state index in [1.54, 1.807) is 21.3 Å². The van der Waals surface area contributed by atoms with Crippen molar-refractivity contribution in [2.24, 2.45) is 0 Å². The molecule has 6 aromatic carbocycles. The van der Waals surface area contributed by atoms with Gasteiger partial charge in [-0.2, -0.15) is 0 Å². The van der Waals surface area contributed by atoms with Crippen LogP contribution in [0.25, 0.3) is 0 Å². The van der Waals surface area contributed by atoms with Crippen LogP contribution in [0.1, 0.15) is 66.8 Å². The highest BCUT2D eigenvalue weighted by Crippen LogP contribution is 2.41. The van der Waals surface area contributed by atoms with Gasteiger partial charge in [0, 0.05) is 19.6 Å². The average Bonchev–Trinajstić information content (AvgIpc) is 3.26. The van der Waals surface area contributed by atoms with Gasteiger partial charge >= 0.3 is 0 Å². The third kappa shape index (κ3) is 7.45. The van der Waals surface area contributed by atoms with Gasteiger partial charge in [-0.1, -0.05) is 72.8 Å². The first-order valence-corrected chi connectivity index (χ1v) is 18.9. The van der Waals surface area contributed by atoms with Crippen molar-refractivity contribution < 1.29 is 28.4 Å². The number of hydrogen-bond donors (Lipinski definition) is 0. The Morgan fingerprint density at radius 2 is 0.618 bits per heavy atom. The Kier molecular flexibility index (Phi) is 9.54. The minimum Gasteiger partial charge on any atom is -0.493 e. The lowest BCUT2D eigenvalue weighted by molar-refractivity contribution is 0.247. The molecule has 23 rings (SSSR count). The molecule has 0 unspecified atom stereocenters. The summed E-state index contributed by atoms with van der Waals surface area (Å²) in [5.41, 5.74) is 14.0. The van der Waals surface area contributed by atoms with E-state index in [2.05, 4.69) is 114 Å². The van der Waals surface area contributed by atoms with Crippen LogP contribution in [0.5, 0.6) is 34.5 Å². The quantitative estimate of drug-likeness (QED) is 0.180. The normalized spacial score (nSPS) is 14.9. The van der Waals surface area contributed by atoms with Gasteiger partial charge in [0.1, 0.15) is 19.8 Å². The summed E-state index contributed by atoms with van der Waals surface area (Å²) >= 11 is 0. The summed E-state index contributed by atoms with van der Waals surface area (Å²) < 4.78 is 37.7. The Morgan fingerprint density at radius 1 is 0.364 bits per heavy atom. The minimum absolute atomic E-state index is 0.423. The largest absolute Gasteiger partial charge is 0.493 e. The summed E-state index contributed by atoms with van der Waals surface area (Å²) in [7, 11) is 5.13. The van der Waals surface area contributed by atoms with Crippen LogP contribution in [0.4, 0.5) is 0 Å². The van der Waals surface area contributed by atoms with Gasteiger partial charge in [-0.15, -0.1) is 0 Å². The van der Waals surface area contributed by atoms with Crippen molar-refractivity contribution >= 4 is 0 Å². The molecule has 0 atom stereocenters. The van der Waals surface area contributed by atoms with Crippen LogP contribution in [0.3, 0.4) is 0 Å². The highest BCUT2D eigenvalue weighted by molar-refractivity contribution is 5.58. The second kappa shape index (κ2) is 15.1. The SMILES string of the molecule is COc1cc2c3cc1OCc1ccc(cc1)CN1Cc4ccc(cc4)COc4cc(c(cc4OC)C3)Cc3cc(OC)c(cc3C2)OCc2ccc(cc2)C1. The van der Waals surface area contributed by atoms with Gasteiger partial charge in [-0.3, -0.25) is 4.90 Å². The zero-order valence-electron chi connectivity index (χ0n) is 31.7. The molecule has 7 nitrogen and oxygen atoms in total. The molecule has 0 aromatic heterocycles. The first-order valence-electron chi connectivity index (χ1n) is 18.9. The molecule has 16 aliphatic heterocycles. The van der Waals surface area contributed by atoms with Crippen LogP contribution in [-0.2, 0) is 58.7 Å². The lowest BCUT2D eigenvalue weighted by atomic mass is 9.94. The Bertz CT molecular complexity index is 2070. The smallest absolute Gasteiger partial charge is 0.161 e. The lowest BCUT2D eigenvalue weighted by Gasteiger charge is -2.23. The summed E-state index contributed by atoms with van der Waals surface area (Å²) in [6.45, 7) is 3.66. The molecule has 6 aromatic rings. The number of hydrogen-bond acceptors (Lipinski definition) is 7. The van der Waals surface area contributed by atoms with Crippen molar-refractivity contribution in [3.8, 4) is 34.5 Å². The van der Waals surface area contributed by atoms with Gasteiger partial charge in [0.2, 0.25) is 0 Å². The summed E-state index contributed by atoms with van der Waals surface area (Å²) in [4.78, 5) is 2.48. The van der Waals surface area contributed by atoms with Crippen LogP contribution >= 0.6 is 0 Å². The third-order valence-electron chi connectivity index (χ3n) is 11.1. The molecule has 1 aliphatic carbocycles. The van der Waals surface area contributed by atoms with Crippen molar-refractivity contribution in [1.82, 2.24) is 4.90 Å². The summed E-state index contributed by atoms with van der Waals surface area (Å²) in [6.07, 6.45) is 2.04. The Morgan fingerprint density at radius 3 is 0.891 bits per heavy atom. The zero-order chi connectivity index (χ0) is 37.3. The second-order valence-electron chi connectivity index (χ2n) is 14.8. The molecule has 0 spiro atoms. The van der Waals surface area contributed by atoms with E-state index in [-0.39, 0.29) is 0 Å². The number of ether oxygens (including phenoxy) is 6. The fraction of sp³-hybridized carbons (Fsp3) is 0.250. The minimum atomic E-state index is 0.423. The van der Waals surface area contributed by atoms with Gasteiger partial charge in [0.25, 0.3) is 0 Å². The molecule has 0 N–H and O–H groups in total. The molecule has 0 saturated heterocycles. The number of nitrogens with zero attached hydrogens (tertiary/aromatic N) is 1. The van der Waals surface area contributed by atoms with Crippen molar-refractivity contribution in [3.05, 3.63) is 176 Å². The number of methoxy groups -OCH3 is 3. The molecule has 278 valence electrons. The average molecular weight is 732 g/mol. The molecule has 55 heavy (non-hydrogen) atoms. The van der Waals surface area contributed by atoms with E-state index >= 15 is 0 Å². The molecule has 0 saturated carbocycles. The van der Waals surface area contributed by atoms with E-state index in [4.69, 9.17) is 28.4 Å². The van der Waals surface area contributed by atoms with Gasteiger partial charge in [-0.25, -0.2) is 0 Å². The molecule has 0 amide bonds. The standard InChI is InChI=1S/C48H45NO6/c1-50-43-19-37-16-41-23-47-45(52-3)21-39(41)18-42-24-48-44(51-2)20-38(42)17-40(37)22-46(43)53-28-34-10-4-31(5-11-34)25-49(26-32-6-12-35(13-7-32)29-54-47)27-33-8-14-36(15-9-33)30-55-48/h4-15,19-24H,16-18,25-30H2,1-3H3. The second-order valence-corrected chi connectivity index (χ2v) is 14.8. The maximum Gasteiger partial charge on any atom is 0.161 e. The van der Waals surface area contributed by atoms with Crippen molar-refractivity contribution in [3.63, 3.8) is 0 Å². The molecular formula is C48H45NO6. The summed E-state index contributed by atoms with van der Waals surface area (Å²) in [5.74, 6) is 4.27. The topological polar surface area (TPSA) is 58.6 Å². The molecule has 16 bridgehead atoms. The van der Waals surface area contributed by atoms with E-state index in [1.807, 2.05) is 0 Å². The number of rotatable bonds is 3. The molecule has 7 heteroatoms. The maximum absolute atomic E-state index is 6.57. The third-order valence-corrected chi connectivity index (χ3v) is 11.1. The maximum atomic E-state index is 6.57. The highest BCUT2D eigenvalue weighted by Gasteiger charge is 2.23. The van der Waals surface area contributed by atoms with Crippen molar-refractivity contribution in [1.29, 1.82) is 0 Å². The Balaban J connectivity index is 1.26. The van der Waals surface area contributed by atoms with Crippen LogP contribution in [0, 0.1) is 0 Å². The molecule has 17 aliphatic rings. The van der Waals surface area contributed by atoms with Crippen LogP contribution in [0.15, 0.2) is 109 Å². The first-order chi connectivity index (χ1) is 27.0. The van der Waals surface area contributed by atoms with Crippen molar-refractivity contribution in [2.75, 3.05) is 21.3 Å². The van der Waals surface area contributed by atoms with Gasteiger partial charge in [0.05, 0.1) is 21.3 Å². The molecular weight excluding hydrogens is 687 g/mol. The highest BCUT2D eigenvalue weighted by atomic mass is 16.5. The van der Waals surface area contributed by atoms with Gasteiger partial charge in [-0.05, 0) is 122 Å². The lowest BCUT2D eigenvalue weighted by Crippen LogP contribution is -2.22. The molecule has 0 radical (unpaired) electrons. The molecule has 0 fully saturated rings. The van der Waals surface area contributed by atoms with Crippen LogP contribution in [-0.4, -0.2) is 26.2 Å². The van der Waals surface area contributed by atoms with Crippen LogP contribution < -0.4 is 28.4 Å². The van der Waals surface area contributed by atoms with E-state index in [0.717, 1.165) is 69.7 Å². The Hall–Kier alpha value is -5.92. The predicted molar refractivity (Wildman–Crippen MR) is 213 cm³/mol. The van der Waals surface area contributed by atoms with E-state index in [1.165, 1.54) is 16.7 Å². The van der Waals surface area contributed by atoms with E-state index < -0.39 is 0 Å². The summed E-state index contributed by atoms with van der Waals surface area (Å²) in [6, 6.07) is 39.3. The van der Waals surface area contributed by atoms with Gasteiger partial charge < -0.3 is 28.4 Å². The fourth-order valence-corrected chi connectivity index (χ4v) is 8.00. The zero-order valence-corrected chi connectivity index (χ0v) is 31.7. The van der Waals surface area contributed by atoms with Crippen LogP contribution in [0.2, 0.25) is 0 Å². The van der Waals surface area contributed by atoms with Crippen molar-refractivity contribution in [2.45, 2.75) is 58.7 Å². The predicted octanol–water partition coefficient (Wildman–Crippen LogP) is 9.36. The number of benzene rings is 6. The summed E-state index contributed by atoms with van der Waals surface area (Å²) in [5, 5.41) is 0. The van der Waals surface area contributed by atoms with E-state index in [9.17, 15) is 0 Å². The fourth-order valence-electron chi connectivity index (χ4n) is 8.00. The monoisotopic (exact) mass is 731 g/mol. The molecule has 16 heterocycles.